The number of benzene rings is 3. The Morgan fingerprint density at radius 2 is 1.86 bits per heavy atom. The number of hydrogen-bond donors (Lipinski definition) is 1. The van der Waals surface area contributed by atoms with Gasteiger partial charge in [-0.05, 0) is 42.3 Å². The Kier molecular flexibility index (Phi) is 5.48. The van der Waals surface area contributed by atoms with E-state index in [2.05, 4.69) is 10.2 Å². The average molecular weight is 484 g/mol. The van der Waals surface area contributed by atoms with Crippen LogP contribution in [0.5, 0.6) is 23.0 Å². The number of carbonyl (C=O) groups is 1. The van der Waals surface area contributed by atoms with Crippen molar-refractivity contribution in [2.75, 3.05) is 20.5 Å². The van der Waals surface area contributed by atoms with Crippen LogP contribution in [0.3, 0.4) is 0 Å². The van der Waals surface area contributed by atoms with E-state index < -0.39 is 0 Å². The first-order valence-electron chi connectivity index (χ1n) is 11.8. The normalized spacial score (nSPS) is 15.8. The highest BCUT2D eigenvalue weighted by molar-refractivity contribution is 6.00. The highest BCUT2D eigenvalue weighted by Crippen LogP contribution is 2.45. The highest BCUT2D eigenvalue weighted by Gasteiger charge is 2.42. The van der Waals surface area contributed by atoms with Gasteiger partial charge in [-0.2, -0.15) is 5.10 Å². The Balaban J connectivity index is 1.46. The van der Waals surface area contributed by atoms with E-state index in [1.807, 2.05) is 78.6 Å². The minimum Gasteiger partial charge on any atom is -0.493 e. The fourth-order valence-electron chi connectivity index (χ4n) is 4.89. The number of ether oxygens (including phenoxy) is 4. The summed E-state index contributed by atoms with van der Waals surface area (Å²) >= 11 is 0. The molecule has 1 unspecified atom stereocenters. The molecule has 1 atom stereocenters. The third-order valence-corrected chi connectivity index (χ3v) is 6.50. The van der Waals surface area contributed by atoms with Crippen LogP contribution in [0.1, 0.15) is 40.1 Å². The zero-order chi connectivity index (χ0) is 24.6. The number of hydrogen-bond acceptors (Lipinski definition) is 6. The van der Waals surface area contributed by atoms with Gasteiger partial charge < -0.3 is 23.8 Å². The van der Waals surface area contributed by atoms with Gasteiger partial charge in [0, 0.05) is 17.7 Å². The second-order valence-electron chi connectivity index (χ2n) is 8.59. The first-order valence-corrected chi connectivity index (χ1v) is 11.8. The molecule has 0 spiro atoms. The number of aromatic amines is 1. The molecular weight excluding hydrogens is 458 g/mol. The largest absolute Gasteiger partial charge is 0.493 e. The summed E-state index contributed by atoms with van der Waals surface area (Å²) < 4.78 is 22.4. The molecule has 6 rings (SSSR count). The highest BCUT2D eigenvalue weighted by atomic mass is 16.7. The molecule has 2 aliphatic heterocycles. The Morgan fingerprint density at radius 1 is 1.03 bits per heavy atom. The van der Waals surface area contributed by atoms with Crippen LogP contribution in [-0.4, -0.2) is 41.5 Å². The van der Waals surface area contributed by atoms with Crippen LogP contribution in [0.15, 0.2) is 66.7 Å². The van der Waals surface area contributed by atoms with Crippen molar-refractivity contribution in [3.63, 3.8) is 0 Å². The lowest BCUT2D eigenvalue weighted by Crippen LogP contribution is -2.29. The molecule has 8 heteroatoms. The maximum absolute atomic E-state index is 13.7. The fourth-order valence-corrected chi connectivity index (χ4v) is 4.89. The second-order valence-corrected chi connectivity index (χ2v) is 8.59. The van der Waals surface area contributed by atoms with Crippen molar-refractivity contribution in [2.45, 2.75) is 19.5 Å². The van der Waals surface area contributed by atoms with E-state index in [0.29, 0.717) is 41.8 Å². The lowest BCUT2D eigenvalue weighted by atomic mass is 9.95. The van der Waals surface area contributed by atoms with Crippen molar-refractivity contribution in [3.05, 3.63) is 89.1 Å². The third-order valence-electron chi connectivity index (χ3n) is 6.50. The molecular formula is C28H25N3O5. The fraction of sp³-hybridized carbons (Fsp3) is 0.214. The zero-order valence-corrected chi connectivity index (χ0v) is 20.0. The van der Waals surface area contributed by atoms with E-state index in [4.69, 9.17) is 18.9 Å². The molecule has 8 nitrogen and oxygen atoms in total. The third kappa shape index (κ3) is 3.62. The van der Waals surface area contributed by atoms with Gasteiger partial charge in [-0.15, -0.1) is 0 Å². The van der Waals surface area contributed by atoms with Crippen molar-refractivity contribution in [1.82, 2.24) is 15.1 Å². The second kappa shape index (κ2) is 8.96. The molecule has 2 aliphatic rings. The van der Waals surface area contributed by atoms with Crippen LogP contribution in [-0.2, 0) is 6.54 Å². The Labute approximate surface area is 208 Å². The first-order chi connectivity index (χ1) is 17.7. The van der Waals surface area contributed by atoms with Crippen molar-refractivity contribution < 1.29 is 23.7 Å². The van der Waals surface area contributed by atoms with Crippen LogP contribution in [0.25, 0.3) is 11.3 Å². The van der Waals surface area contributed by atoms with Gasteiger partial charge in [-0.1, -0.05) is 42.5 Å². The van der Waals surface area contributed by atoms with E-state index in [0.717, 1.165) is 27.9 Å². The van der Waals surface area contributed by atoms with Gasteiger partial charge >= 0.3 is 0 Å². The summed E-state index contributed by atoms with van der Waals surface area (Å²) in [7, 11) is 1.62. The average Bonchev–Trinajstić information content (AvgIpc) is 3.62. The molecule has 0 aliphatic carbocycles. The van der Waals surface area contributed by atoms with Gasteiger partial charge in [0.15, 0.2) is 23.0 Å². The molecule has 4 aromatic rings. The van der Waals surface area contributed by atoms with E-state index in [1.54, 1.807) is 7.11 Å². The van der Waals surface area contributed by atoms with Gasteiger partial charge in [0.05, 0.1) is 25.5 Å². The van der Waals surface area contributed by atoms with E-state index in [9.17, 15) is 4.79 Å². The summed E-state index contributed by atoms with van der Waals surface area (Å²) in [4.78, 5) is 15.6. The number of amides is 1. The predicted molar refractivity (Wildman–Crippen MR) is 132 cm³/mol. The Bertz CT molecular complexity index is 1430. The monoisotopic (exact) mass is 483 g/mol. The van der Waals surface area contributed by atoms with Crippen molar-refractivity contribution in [1.29, 1.82) is 0 Å². The Morgan fingerprint density at radius 3 is 2.67 bits per heavy atom. The maximum Gasteiger partial charge on any atom is 0.273 e. The molecule has 36 heavy (non-hydrogen) atoms. The van der Waals surface area contributed by atoms with Crippen LogP contribution < -0.4 is 18.9 Å². The Hall–Kier alpha value is -4.46. The SMILES string of the molecule is CCOc1ccc(C2c3c(-c4ccccc4)n[nH]c3C(=O)N2Cc2ccc3c(c2)OCO3)cc1OC. The van der Waals surface area contributed by atoms with E-state index >= 15 is 0 Å². The molecule has 0 fully saturated rings. The number of H-pyrrole nitrogens is 1. The number of rotatable bonds is 7. The van der Waals surface area contributed by atoms with Gasteiger partial charge in [-0.25, -0.2) is 0 Å². The van der Waals surface area contributed by atoms with E-state index in [1.165, 1.54) is 0 Å². The molecule has 1 N–H and O–H groups in total. The van der Waals surface area contributed by atoms with Gasteiger partial charge in [-0.3, -0.25) is 9.89 Å². The topological polar surface area (TPSA) is 85.9 Å². The maximum atomic E-state index is 13.7. The number of carbonyl (C=O) groups excluding carboxylic acids is 1. The summed E-state index contributed by atoms with van der Waals surface area (Å²) in [6.45, 7) is 3.04. The number of aromatic nitrogens is 2. The quantitative estimate of drug-likeness (QED) is 0.400. The molecule has 0 radical (unpaired) electrons. The molecule has 0 bridgehead atoms. The van der Waals surface area contributed by atoms with Crippen LogP contribution in [0.4, 0.5) is 0 Å². The number of nitrogens with zero attached hydrogens (tertiary/aromatic N) is 2. The molecule has 1 aromatic heterocycles. The summed E-state index contributed by atoms with van der Waals surface area (Å²) in [5.74, 6) is 2.55. The summed E-state index contributed by atoms with van der Waals surface area (Å²) in [6, 6.07) is 21.1. The van der Waals surface area contributed by atoms with E-state index in [-0.39, 0.29) is 18.7 Å². The number of nitrogens with one attached hydrogen (secondary N) is 1. The first kappa shape index (κ1) is 22.0. The number of methoxy groups -OCH3 is 1. The molecule has 0 saturated carbocycles. The molecule has 1 amide bonds. The molecule has 3 heterocycles. The van der Waals surface area contributed by atoms with Crippen molar-refractivity contribution in [3.8, 4) is 34.3 Å². The minimum atomic E-state index is -0.378. The van der Waals surface area contributed by atoms with Crippen molar-refractivity contribution in [2.24, 2.45) is 0 Å². The smallest absolute Gasteiger partial charge is 0.273 e. The van der Waals surface area contributed by atoms with Gasteiger partial charge in [0.2, 0.25) is 6.79 Å². The lowest BCUT2D eigenvalue weighted by Gasteiger charge is -2.27. The van der Waals surface area contributed by atoms with Crippen LogP contribution in [0.2, 0.25) is 0 Å². The van der Waals surface area contributed by atoms with Gasteiger partial charge in [0.1, 0.15) is 5.69 Å². The lowest BCUT2D eigenvalue weighted by molar-refractivity contribution is 0.0729. The molecule has 3 aromatic carbocycles. The molecule has 182 valence electrons. The standard InChI is InChI=1S/C28H25N3O5/c1-3-34-20-12-10-19(14-22(20)33-2)27-24-25(18-7-5-4-6-8-18)29-30-26(24)28(32)31(27)15-17-9-11-21-23(13-17)36-16-35-21/h4-14,27H,3,15-16H2,1-2H3,(H,29,30). The van der Waals surface area contributed by atoms with Gasteiger partial charge in [0.25, 0.3) is 5.91 Å². The minimum absolute atomic E-state index is 0.116. The predicted octanol–water partition coefficient (Wildman–Crippen LogP) is 4.96. The number of fused-ring (bicyclic) bond motifs is 2. The van der Waals surface area contributed by atoms with Crippen LogP contribution in [0, 0.1) is 0 Å². The van der Waals surface area contributed by atoms with Crippen LogP contribution >= 0.6 is 0 Å². The summed E-state index contributed by atoms with van der Waals surface area (Å²) in [5.41, 5.74) is 4.88. The summed E-state index contributed by atoms with van der Waals surface area (Å²) in [6.07, 6.45) is 0. The zero-order valence-electron chi connectivity index (χ0n) is 20.0. The van der Waals surface area contributed by atoms with Crippen molar-refractivity contribution >= 4 is 5.91 Å². The summed E-state index contributed by atoms with van der Waals surface area (Å²) in [5, 5.41) is 7.56. The molecule has 0 saturated heterocycles.